The number of ether oxygens (including phenoxy) is 1. The highest BCUT2D eigenvalue weighted by Gasteiger charge is 2.66. The number of rotatable bonds is 8. The zero-order valence-corrected chi connectivity index (χ0v) is 33.3. The van der Waals surface area contributed by atoms with E-state index < -0.39 is 31.5 Å². The van der Waals surface area contributed by atoms with E-state index in [1.165, 1.54) is 0 Å². The fourth-order valence-corrected chi connectivity index (χ4v) is 12.6. The molecule has 11 nitrogen and oxygen atoms in total. The van der Waals surface area contributed by atoms with Crippen molar-refractivity contribution in [2.24, 2.45) is 5.92 Å². The molecule has 2 aromatic carbocycles. The van der Waals surface area contributed by atoms with E-state index in [1.807, 2.05) is 72.3 Å². The first-order chi connectivity index (χ1) is 25.9. The van der Waals surface area contributed by atoms with E-state index in [9.17, 15) is 24.3 Å². The van der Waals surface area contributed by atoms with Crippen LogP contribution in [0.25, 0.3) is 0 Å². The highest BCUT2D eigenvalue weighted by atomic mass is 28.4. The van der Waals surface area contributed by atoms with Gasteiger partial charge in [-0.15, -0.1) is 0 Å². The molecule has 5 aliphatic heterocycles. The molecule has 5 atom stereocenters. The first-order valence-corrected chi connectivity index (χ1v) is 23.4. The summed E-state index contributed by atoms with van der Waals surface area (Å²) in [5.41, 5.74) is 1.94. The van der Waals surface area contributed by atoms with E-state index >= 15 is 4.79 Å². The first-order valence-electron chi connectivity index (χ1n) is 20.4. The van der Waals surface area contributed by atoms with E-state index in [0.29, 0.717) is 43.7 Å². The number of benzene rings is 2. The maximum Gasteiger partial charge on any atom is 0.264 e. The van der Waals surface area contributed by atoms with Crippen molar-refractivity contribution in [3.8, 4) is 0 Å². The average molecular weight is 759 g/mol. The van der Waals surface area contributed by atoms with Crippen LogP contribution in [0.15, 0.2) is 42.5 Å². The third-order valence-corrected chi connectivity index (χ3v) is 15.3. The van der Waals surface area contributed by atoms with Crippen molar-refractivity contribution in [2.45, 2.75) is 133 Å². The Morgan fingerprint density at radius 2 is 1.44 bits per heavy atom. The summed E-state index contributed by atoms with van der Waals surface area (Å²) in [6.07, 6.45) is 9.80. The molecule has 0 radical (unpaired) electrons. The molecule has 4 saturated heterocycles. The smallest absolute Gasteiger partial charge is 0.264 e. The summed E-state index contributed by atoms with van der Waals surface area (Å²) in [6, 6.07) is 13.5. The lowest BCUT2D eigenvalue weighted by atomic mass is 9.82. The number of aliphatic hydroxyl groups excluding tert-OH is 1. The maximum atomic E-state index is 15.2. The van der Waals surface area contributed by atoms with E-state index in [-0.39, 0.29) is 49.2 Å². The lowest BCUT2D eigenvalue weighted by Gasteiger charge is -2.33. The number of aliphatic hydroxyl groups is 1. The Morgan fingerprint density at radius 1 is 0.833 bits per heavy atom. The van der Waals surface area contributed by atoms with Crippen LogP contribution in [0.3, 0.4) is 0 Å². The van der Waals surface area contributed by atoms with Gasteiger partial charge in [-0.05, 0) is 87.5 Å². The molecule has 5 heterocycles. The summed E-state index contributed by atoms with van der Waals surface area (Å²) in [5.74, 6) is -0.631. The molecule has 2 N–H and O–H groups in total. The van der Waals surface area contributed by atoms with Crippen LogP contribution in [0.5, 0.6) is 0 Å². The molecular weight excluding hydrogens is 701 g/mol. The highest BCUT2D eigenvalue weighted by molar-refractivity contribution is 6.71. The zero-order valence-electron chi connectivity index (χ0n) is 32.3. The van der Waals surface area contributed by atoms with Crippen molar-refractivity contribution >= 4 is 49.0 Å². The second-order valence-corrected chi connectivity index (χ2v) is 20.8. The van der Waals surface area contributed by atoms with Gasteiger partial charge in [0.25, 0.3) is 5.91 Å². The van der Waals surface area contributed by atoms with Crippen molar-refractivity contribution < 1.29 is 33.8 Å². The first kappa shape index (κ1) is 38.7. The molecule has 0 aliphatic carbocycles. The molecule has 292 valence electrons. The number of hydrogen-bond acceptors (Lipinski definition) is 7. The molecule has 4 fully saturated rings. The summed E-state index contributed by atoms with van der Waals surface area (Å²) < 4.78 is 7.04. The van der Waals surface area contributed by atoms with Gasteiger partial charge >= 0.3 is 0 Å². The fraction of sp³-hybridized carbons (Fsp3) is 0.619. The van der Waals surface area contributed by atoms with Crippen LogP contribution in [0, 0.1) is 5.92 Å². The van der Waals surface area contributed by atoms with Gasteiger partial charge in [-0.1, -0.05) is 44.7 Å². The van der Waals surface area contributed by atoms with Crippen LogP contribution in [0.1, 0.15) is 102 Å². The van der Waals surface area contributed by atoms with Crippen LogP contribution in [0.4, 0.5) is 17.1 Å². The zero-order chi connectivity index (χ0) is 38.2. The summed E-state index contributed by atoms with van der Waals surface area (Å²) in [4.78, 5) is 74.5. The number of fused-ring (bicyclic) bond motifs is 2. The molecule has 4 amide bonds. The van der Waals surface area contributed by atoms with Crippen molar-refractivity contribution in [1.29, 1.82) is 0 Å². The number of likely N-dealkylation sites (tertiary alicyclic amines) is 1. The van der Waals surface area contributed by atoms with Gasteiger partial charge in [0.1, 0.15) is 0 Å². The summed E-state index contributed by atoms with van der Waals surface area (Å²) in [7, 11) is -3.04. The molecule has 0 aromatic heterocycles. The van der Waals surface area contributed by atoms with Crippen molar-refractivity contribution in [3.05, 3.63) is 53.6 Å². The molecule has 12 heteroatoms. The van der Waals surface area contributed by atoms with Gasteiger partial charge in [-0.3, -0.25) is 19.2 Å². The lowest BCUT2D eigenvalue weighted by molar-refractivity contribution is -0.150. The molecule has 2 aromatic rings. The summed E-state index contributed by atoms with van der Waals surface area (Å²) in [5, 5.41) is 9.98. The predicted molar refractivity (Wildman–Crippen MR) is 211 cm³/mol. The maximum absolute atomic E-state index is 15.2. The van der Waals surface area contributed by atoms with Crippen LogP contribution in [-0.4, -0.2) is 85.1 Å². The Hall–Kier alpha value is -3.58. The van der Waals surface area contributed by atoms with Gasteiger partial charge in [-0.25, -0.2) is 0 Å². The number of carbonyl (C=O) groups excluding carboxylic acids is 4. The van der Waals surface area contributed by atoms with E-state index in [4.69, 9.17) is 4.74 Å². The SMILES string of the molecule is C[C@H]1[C@H]([Si](C)(C)O)[C@@H](CC(=O)N2CCC[C@H]2CO)O[C@]12C(=O)N(Cc1ccc(N3CCCCCCC3=O)cc1)c1ccc(N3CCCCCCC3=O)cc12. The second kappa shape index (κ2) is 15.9. The fourth-order valence-electron chi connectivity index (χ4n) is 10.1. The Kier molecular flexibility index (Phi) is 11.4. The van der Waals surface area contributed by atoms with Crippen LogP contribution < -0.4 is 14.7 Å². The monoisotopic (exact) mass is 758 g/mol. The molecule has 54 heavy (non-hydrogen) atoms. The minimum atomic E-state index is -3.04. The van der Waals surface area contributed by atoms with E-state index in [0.717, 1.165) is 81.1 Å². The van der Waals surface area contributed by atoms with Gasteiger partial charge in [0.05, 0.1) is 37.4 Å². The molecule has 0 bridgehead atoms. The minimum absolute atomic E-state index is 0.00778. The third-order valence-electron chi connectivity index (χ3n) is 12.8. The van der Waals surface area contributed by atoms with Crippen LogP contribution >= 0.6 is 0 Å². The van der Waals surface area contributed by atoms with Crippen LogP contribution in [-0.2, 0) is 36.1 Å². The minimum Gasteiger partial charge on any atom is -0.432 e. The normalized spacial score (nSPS) is 28.4. The van der Waals surface area contributed by atoms with Gasteiger partial charge in [-0.2, -0.15) is 0 Å². The van der Waals surface area contributed by atoms with Crippen molar-refractivity contribution in [1.82, 2.24) is 4.90 Å². The number of amides is 4. The molecular formula is C42H58N4O7Si. The number of nitrogens with zero attached hydrogens (tertiary/aromatic N) is 4. The largest absolute Gasteiger partial charge is 0.432 e. The Labute approximate surface area is 320 Å². The predicted octanol–water partition coefficient (Wildman–Crippen LogP) is 6.00. The van der Waals surface area contributed by atoms with Gasteiger partial charge in [0.15, 0.2) is 13.9 Å². The molecule has 1 spiro atoms. The number of hydrogen-bond donors (Lipinski definition) is 2. The van der Waals surface area contributed by atoms with Crippen LogP contribution in [0.2, 0.25) is 18.6 Å². The summed E-state index contributed by atoms with van der Waals surface area (Å²) >= 11 is 0. The Balaban J connectivity index is 1.25. The van der Waals surface area contributed by atoms with Crippen molar-refractivity contribution in [2.75, 3.05) is 40.9 Å². The molecule has 5 aliphatic rings. The van der Waals surface area contributed by atoms with Gasteiger partial charge in [0, 0.05) is 60.9 Å². The Bertz CT molecular complexity index is 1730. The highest BCUT2D eigenvalue weighted by Crippen LogP contribution is 2.60. The second-order valence-electron chi connectivity index (χ2n) is 16.8. The number of carbonyl (C=O) groups is 4. The van der Waals surface area contributed by atoms with Gasteiger partial charge in [0.2, 0.25) is 17.7 Å². The topological polar surface area (TPSA) is 131 Å². The third kappa shape index (κ3) is 7.26. The Morgan fingerprint density at radius 3 is 2.07 bits per heavy atom. The van der Waals surface area contributed by atoms with E-state index in [2.05, 4.69) is 0 Å². The van der Waals surface area contributed by atoms with E-state index in [1.54, 1.807) is 9.80 Å². The standard InChI is InChI=1S/C42H58N4O7Si/c1-29-40(54(2,3)52)36(26-39(50)45-24-12-13-33(45)28-47)53-42(29)34-25-32(44-23-11-7-5-9-15-38(44)49)20-21-35(34)46(41(42)51)27-30-16-18-31(19-17-30)43-22-10-6-4-8-14-37(43)48/h16-21,25,29,33,36,40,47,52H,4-15,22-24,26-28H2,1-3H3/t29-,33-,36+,40-,42+/m0/s1. The van der Waals surface area contributed by atoms with Crippen molar-refractivity contribution in [3.63, 3.8) is 0 Å². The summed E-state index contributed by atoms with van der Waals surface area (Å²) in [6.45, 7) is 7.70. The quantitative estimate of drug-likeness (QED) is 0.316. The lowest BCUT2D eigenvalue weighted by Crippen LogP contribution is -2.46. The van der Waals surface area contributed by atoms with Gasteiger partial charge < -0.3 is 34.2 Å². The molecule has 0 saturated carbocycles. The number of anilines is 3. The average Bonchev–Trinajstić information content (AvgIpc) is 3.79. The molecule has 0 unspecified atom stereocenters. The molecule has 7 rings (SSSR count).